The van der Waals surface area contributed by atoms with Crippen LogP contribution in [0.1, 0.15) is 39.9 Å². The van der Waals surface area contributed by atoms with Gasteiger partial charge in [0.05, 0.1) is 6.54 Å². The first kappa shape index (κ1) is 21.2. The molecule has 0 aromatic heterocycles. The van der Waals surface area contributed by atoms with Crippen LogP contribution in [-0.2, 0) is 22.7 Å². The van der Waals surface area contributed by atoms with Crippen molar-refractivity contribution in [1.82, 2.24) is 15.5 Å². The molecule has 0 saturated carbocycles. The third-order valence-electron chi connectivity index (χ3n) is 5.68. The number of hydrogen-bond acceptors (Lipinski definition) is 6. The Hall–Kier alpha value is -4.08. The van der Waals surface area contributed by atoms with E-state index in [9.17, 15) is 29.4 Å². The zero-order valence-corrected chi connectivity index (χ0v) is 17.3. The van der Waals surface area contributed by atoms with Crippen molar-refractivity contribution < 1.29 is 29.4 Å². The maximum absolute atomic E-state index is 12.8. The molecule has 5 N–H and O–H groups in total. The van der Waals surface area contributed by atoms with Gasteiger partial charge in [-0.05, 0) is 31.0 Å². The van der Waals surface area contributed by atoms with E-state index in [2.05, 4.69) is 16.0 Å². The Morgan fingerprint density at radius 1 is 1.19 bits per heavy atom. The number of benzene rings is 2. The lowest BCUT2D eigenvalue weighted by Gasteiger charge is -2.29. The number of carbonyl (C=O) groups excluding carboxylic acids is 4. The smallest absolute Gasteiger partial charge is 0.319 e. The summed E-state index contributed by atoms with van der Waals surface area (Å²) in [5.74, 6) is -1.35. The Morgan fingerprint density at radius 3 is 2.69 bits per heavy atom. The number of imide groups is 1. The van der Waals surface area contributed by atoms with Crippen LogP contribution in [0.2, 0.25) is 0 Å². The monoisotopic (exact) mass is 438 g/mol. The Bertz CT molecular complexity index is 1150. The second-order valence-corrected chi connectivity index (χ2v) is 7.81. The maximum Gasteiger partial charge on any atom is 0.319 e. The molecule has 0 radical (unpaired) electrons. The summed E-state index contributed by atoms with van der Waals surface area (Å²) in [6.07, 6.45) is 0.375. The van der Waals surface area contributed by atoms with E-state index in [1.54, 1.807) is 25.1 Å². The average Bonchev–Trinajstić information content (AvgIpc) is 3.07. The molecule has 2 heterocycles. The first-order valence-corrected chi connectivity index (χ1v) is 10.1. The van der Waals surface area contributed by atoms with Crippen LogP contribution in [0.3, 0.4) is 0 Å². The predicted molar refractivity (Wildman–Crippen MR) is 113 cm³/mol. The van der Waals surface area contributed by atoms with Gasteiger partial charge in [-0.1, -0.05) is 12.1 Å². The number of hydrogen-bond donors (Lipinski definition) is 5. The van der Waals surface area contributed by atoms with Gasteiger partial charge in [0.2, 0.25) is 11.8 Å². The van der Waals surface area contributed by atoms with Crippen molar-refractivity contribution in [3.8, 4) is 11.5 Å². The molecule has 32 heavy (non-hydrogen) atoms. The predicted octanol–water partition coefficient (Wildman–Crippen LogP) is 1.49. The number of urea groups is 1. The third kappa shape index (κ3) is 3.94. The van der Waals surface area contributed by atoms with Crippen LogP contribution in [0.25, 0.3) is 0 Å². The normalized spacial score (nSPS) is 17.7. The lowest BCUT2D eigenvalue weighted by atomic mass is 10.0. The van der Waals surface area contributed by atoms with Gasteiger partial charge in [0.25, 0.3) is 5.91 Å². The molecule has 5 amide bonds. The first-order valence-electron chi connectivity index (χ1n) is 10.1. The topological polar surface area (TPSA) is 148 Å². The Labute approximate surface area is 183 Å². The Morgan fingerprint density at radius 2 is 1.97 bits per heavy atom. The van der Waals surface area contributed by atoms with Gasteiger partial charge in [0.1, 0.15) is 17.5 Å². The zero-order valence-electron chi connectivity index (χ0n) is 17.3. The summed E-state index contributed by atoms with van der Waals surface area (Å²) in [5, 5.41) is 27.9. The fourth-order valence-corrected chi connectivity index (χ4v) is 3.85. The number of aromatic hydroxyl groups is 2. The summed E-state index contributed by atoms with van der Waals surface area (Å²) in [7, 11) is 0. The second-order valence-electron chi connectivity index (χ2n) is 7.81. The third-order valence-corrected chi connectivity index (χ3v) is 5.68. The summed E-state index contributed by atoms with van der Waals surface area (Å²) in [4.78, 5) is 49.8. The molecule has 4 rings (SSSR count). The van der Waals surface area contributed by atoms with Gasteiger partial charge in [-0.2, -0.15) is 0 Å². The molecule has 1 unspecified atom stereocenters. The van der Waals surface area contributed by atoms with Gasteiger partial charge < -0.3 is 25.7 Å². The van der Waals surface area contributed by atoms with Crippen LogP contribution in [0, 0.1) is 6.92 Å². The quantitative estimate of drug-likeness (QED) is 0.457. The van der Waals surface area contributed by atoms with Crippen LogP contribution >= 0.6 is 0 Å². The van der Waals surface area contributed by atoms with Gasteiger partial charge >= 0.3 is 6.03 Å². The van der Waals surface area contributed by atoms with Gasteiger partial charge in [-0.15, -0.1) is 0 Å². The van der Waals surface area contributed by atoms with Crippen molar-refractivity contribution in [1.29, 1.82) is 0 Å². The van der Waals surface area contributed by atoms with E-state index < -0.39 is 18.0 Å². The number of amides is 5. The minimum atomic E-state index is -0.773. The Balaban J connectivity index is 1.43. The van der Waals surface area contributed by atoms with Crippen LogP contribution in [0.5, 0.6) is 11.5 Å². The van der Waals surface area contributed by atoms with Crippen molar-refractivity contribution in [2.24, 2.45) is 0 Å². The van der Waals surface area contributed by atoms with Crippen LogP contribution < -0.4 is 16.0 Å². The summed E-state index contributed by atoms with van der Waals surface area (Å²) in [6, 6.07) is 6.53. The fourth-order valence-electron chi connectivity index (χ4n) is 3.85. The highest BCUT2D eigenvalue weighted by Crippen LogP contribution is 2.35. The molecule has 0 bridgehead atoms. The molecule has 0 aliphatic carbocycles. The average molecular weight is 438 g/mol. The second kappa shape index (κ2) is 8.22. The number of carbonyl (C=O) groups is 4. The standard InChI is InChI=1S/C22H22N4O6/c1-11-2-4-13(8-17(11)27)24-22(32)23-9-12-3-5-14-15(19(12)29)10-26(21(14)31)16-6-7-18(28)25-20(16)30/h2-5,8,16,27,29H,6-7,9-10H2,1H3,(H2,23,24,32)(H,25,28,30). The van der Waals surface area contributed by atoms with Crippen molar-refractivity contribution in [3.05, 3.63) is 52.6 Å². The van der Waals surface area contributed by atoms with E-state index in [4.69, 9.17) is 0 Å². The molecule has 2 aliphatic heterocycles. The molecule has 2 aromatic carbocycles. The van der Waals surface area contributed by atoms with E-state index in [-0.39, 0.29) is 54.8 Å². The SMILES string of the molecule is Cc1ccc(NC(=O)NCc2ccc3c(c2O)CN(C2CCC(=O)NC2=O)C3=O)cc1O. The minimum absolute atomic E-state index is 0.00457. The number of nitrogens with zero attached hydrogens (tertiary/aromatic N) is 1. The van der Waals surface area contributed by atoms with Crippen molar-refractivity contribution in [2.45, 2.75) is 38.9 Å². The largest absolute Gasteiger partial charge is 0.508 e. The summed E-state index contributed by atoms with van der Waals surface area (Å²) in [6.45, 7) is 1.77. The van der Waals surface area contributed by atoms with E-state index in [1.807, 2.05) is 0 Å². The number of rotatable bonds is 4. The number of aryl methyl sites for hydroxylation is 1. The molecule has 166 valence electrons. The van der Waals surface area contributed by atoms with Gasteiger partial charge in [-0.25, -0.2) is 4.79 Å². The molecule has 1 atom stereocenters. The number of fused-ring (bicyclic) bond motifs is 1. The first-order chi connectivity index (χ1) is 15.2. The number of phenolic OH excluding ortho intramolecular Hbond substituents is 2. The number of anilines is 1. The van der Waals surface area contributed by atoms with Gasteiger partial charge in [0, 0.05) is 41.4 Å². The van der Waals surface area contributed by atoms with E-state index in [1.165, 1.54) is 17.0 Å². The summed E-state index contributed by atoms with van der Waals surface area (Å²) in [5.41, 5.74) is 2.16. The zero-order chi connectivity index (χ0) is 23.0. The summed E-state index contributed by atoms with van der Waals surface area (Å²) >= 11 is 0. The van der Waals surface area contributed by atoms with Crippen molar-refractivity contribution in [2.75, 3.05) is 5.32 Å². The highest BCUT2D eigenvalue weighted by Gasteiger charge is 2.40. The molecule has 0 spiro atoms. The van der Waals surface area contributed by atoms with E-state index in [0.29, 0.717) is 22.4 Å². The summed E-state index contributed by atoms with van der Waals surface area (Å²) < 4.78 is 0. The molecule has 10 heteroatoms. The highest BCUT2D eigenvalue weighted by molar-refractivity contribution is 6.05. The van der Waals surface area contributed by atoms with Crippen molar-refractivity contribution in [3.63, 3.8) is 0 Å². The van der Waals surface area contributed by atoms with E-state index in [0.717, 1.165) is 0 Å². The van der Waals surface area contributed by atoms with E-state index >= 15 is 0 Å². The van der Waals surface area contributed by atoms with Gasteiger partial charge in [0.15, 0.2) is 0 Å². The number of phenols is 2. The van der Waals surface area contributed by atoms with Crippen LogP contribution in [0.4, 0.5) is 10.5 Å². The lowest BCUT2D eigenvalue weighted by molar-refractivity contribution is -0.136. The minimum Gasteiger partial charge on any atom is -0.508 e. The highest BCUT2D eigenvalue weighted by atomic mass is 16.3. The molecule has 2 aliphatic rings. The van der Waals surface area contributed by atoms with Crippen LogP contribution in [0.15, 0.2) is 30.3 Å². The molecular weight excluding hydrogens is 416 g/mol. The fraction of sp³-hybridized carbons (Fsp3) is 0.273. The van der Waals surface area contributed by atoms with Crippen LogP contribution in [-0.4, -0.2) is 44.9 Å². The number of nitrogens with one attached hydrogen (secondary N) is 3. The number of piperidine rings is 1. The lowest BCUT2D eigenvalue weighted by Crippen LogP contribution is -2.52. The van der Waals surface area contributed by atoms with Gasteiger partial charge in [-0.3, -0.25) is 19.7 Å². The molecule has 10 nitrogen and oxygen atoms in total. The van der Waals surface area contributed by atoms with Crippen molar-refractivity contribution >= 4 is 29.4 Å². The molecule has 1 fully saturated rings. The molecule has 1 saturated heterocycles. The molecule has 2 aromatic rings. The Kier molecular flexibility index (Phi) is 5.43. The maximum atomic E-state index is 12.8. The molecular formula is C22H22N4O6.